The number of rotatable bonds is 7. The van der Waals surface area contributed by atoms with Crippen molar-refractivity contribution in [3.05, 3.63) is 57.6 Å². The lowest BCUT2D eigenvalue weighted by Crippen LogP contribution is -2.29. The first-order valence-corrected chi connectivity index (χ1v) is 8.50. The van der Waals surface area contributed by atoms with Crippen LogP contribution in [-0.2, 0) is 0 Å². The van der Waals surface area contributed by atoms with Crippen LogP contribution in [0.4, 0.5) is 5.69 Å². The van der Waals surface area contributed by atoms with Gasteiger partial charge in [0.1, 0.15) is 0 Å². The van der Waals surface area contributed by atoms with Crippen LogP contribution >= 0.6 is 23.2 Å². The summed E-state index contributed by atoms with van der Waals surface area (Å²) < 4.78 is 5.21. The van der Waals surface area contributed by atoms with Crippen molar-refractivity contribution in [1.29, 1.82) is 0 Å². The van der Waals surface area contributed by atoms with Crippen LogP contribution in [0.25, 0.3) is 0 Å². The van der Waals surface area contributed by atoms with E-state index in [1.807, 2.05) is 6.07 Å². The van der Waals surface area contributed by atoms with Gasteiger partial charge in [-0.05, 0) is 36.2 Å². The summed E-state index contributed by atoms with van der Waals surface area (Å²) in [7, 11) is 1.47. The fraction of sp³-hybridized carbons (Fsp3) is 0.278. The minimum absolute atomic E-state index is 0.0115. The Morgan fingerprint density at radius 3 is 2.68 bits per heavy atom. The average Bonchev–Trinajstić information content (AvgIpc) is 2.60. The van der Waals surface area contributed by atoms with Gasteiger partial charge in [0.15, 0.2) is 5.75 Å². The lowest BCUT2D eigenvalue weighted by atomic mass is 9.96. The highest BCUT2D eigenvalue weighted by Gasteiger charge is 2.18. The van der Waals surface area contributed by atoms with E-state index in [9.17, 15) is 9.90 Å². The summed E-state index contributed by atoms with van der Waals surface area (Å²) in [5, 5.41) is 13.1. The Bertz CT molecular complexity index is 753. The third-order valence-corrected chi connectivity index (χ3v) is 4.63. The molecule has 1 atom stereocenters. The topological polar surface area (TPSA) is 84.6 Å². The molecule has 0 aliphatic heterocycles. The Morgan fingerprint density at radius 1 is 1.28 bits per heavy atom. The molecule has 0 aliphatic rings. The number of nitrogens with two attached hydrogens (primary N) is 1. The number of ether oxygens (including phenoxy) is 1. The van der Waals surface area contributed by atoms with E-state index in [-0.39, 0.29) is 18.4 Å². The molecule has 4 N–H and O–H groups in total. The molecule has 134 valence electrons. The van der Waals surface area contributed by atoms with E-state index in [4.69, 9.17) is 33.7 Å². The van der Waals surface area contributed by atoms with Crippen molar-refractivity contribution in [2.45, 2.75) is 12.3 Å². The Hall–Kier alpha value is -1.95. The van der Waals surface area contributed by atoms with Crippen LogP contribution in [0.1, 0.15) is 28.3 Å². The molecule has 5 nitrogen and oxygen atoms in total. The van der Waals surface area contributed by atoms with Crippen LogP contribution in [0.5, 0.6) is 5.75 Å². The molecule has 0 bridgehead atoms. The molecule has 7 heteroatoms. The molecule has 2 aromatic carbocycles. The van der Waals surface area contributed by atoms with Crippen LogP contribution in [0.15, 0.2) is 36.4 Å². The van der Waals surface area contributed by atoms with Gasteiger partial charge < -0.3 is 20.9 Å². The minimum Gasteiger partial charge on any atom is -0.494 e. The monoisotopic (exact) mass is 382 g/mol. The zero-order valence-electron chi connectivity index (χ0n) is 13.8. The molecule has 0 heterocycles. The molecule has 0 saturated carbocycles. The van der Waals surface area contributed by atoms with Crippen molar-refractivity contribution in [1.82, 2.24) is 5.32 Å². The van der Waals surface area contributed by atoms with Crippen molar-refractivity contribution in [2.24, 2.45) is 0 Å². The zero-order chi connectivity index (χ0) is 18.4. The third-order valence-electron chi connectivity index (χ3n) is 3.90. The van der Waals surface area contributed by atoms with Gasteiger partial charge in [-0.1, -0.05) is 35.3 Å². The van der Waals surface area contributed by atoms with E-state index in [0.29, 0.717) is 40.0 Å². The van der Waals surface area contributed by atoms with Crippen molar-refractivity contribution in [3.8, 4) is 5.75 Å². The summed E-state index contributed by atoms with van der Waals surface area (Å²) in [5.74, 6) is -0.0591. The molecule has 0 fully saturated rings. The Balaban J connectivity index is 2.14. The van der Waals surface area contributed by atoms with E-state index in [1.165, 1.54) is 7.11 Å². The number of methoxy groups -OCH3 is 1. The molecule has 25 heavy (non-hydrogen) atoms. The molecule has 0 unspecified atom stereocenters. The number of benzene rings is 2. The summed E-state index contributed by atoms with van der Waals surface area (Å²) in [6, 6.07) is 10.3. The molecule has 0 radical (unpaired) electrons. The molecule has 0 aromatic heterocycles. The normalized spacial score (nSPS) is 11.8. The Morgan fingerprint density at radius 2 is 2.04 bits per heavy atom. The van der Waals surface area contributed by atoms with E-state index in [0.717, 1.165) is 5.56 Å². The van der Waals surface area contributed by atoms with E-state index in [1.54, 1.807) is 30.3 Å². The highest BCUT2D eigenvalue weighted by molar-refractivity contribution is 6.42. The van der Waals surface area contributed by atoms with Crippen molar-refractivity contribution in [3.63, 3.8) is 0 Å². The summed E-state index contributed by atoms with van der Waals surface area (Å²) >= 11 is 12.0. The van der Waals surface area contributed by atoms with Gasteiger partial charge >= 0.3 is 0 Å². The predicted molar refractivity (Wildman–Crippen MR) is 101 cm³/mol. The van der Waals surface area contributed by atoms with Gasteiger partial charge in [-0.3, -0.25) is 4.79 Å². The van der Waals surface area contributed by atoms with Gasteiger partial charge in [-0.25, -0.2) is 0 Å². The maximum Gasteiger partial charge on any atom is 0.255 e. The average molecular weight is 383 g/mol. The van der Waals surface area contributed by atoms with E-state index < -0.39 is 0 Å². The van der Waals surface area contributed by atoms with Crippen LogP contribution in [0.3, 0.4) is 0 Å². The standard InChI is InChI=1S/C18H20Cl2N2O3/c1-25-17-13(3-2-4-16(17)21)18(24)22-10-12(7-8-23)11-5-6-14(19)15(20)9-11/h2-6,9,12,23H,7-8,10,21H2,1H3,(H,22,24)/t12-/m1/s1. The first-order valence-electron chi connectivity index (χ1n) is 7.74. The predicted octanol–water partition coefficient (Wildman–Crippen LogP) is 3.48. The van der Waals surface area contributed by atoms with Crippen LogP contribution in [-0.4, -0.2) is 31.3 Å². The molecule has 0 spiro atoms. The molecular weight excluding hydrogens is 363 g/mol. The third kappa shape index (κ3) is 4.78. The van der Waals surface area contributed by atoms with Crippen molar-refractivity contribution < 1.29 is 14.6 Å². The summed E-state index contributed by atoms with van der Waals surface area (Å²) in [5.41, 5.74) is 7.48. The lowest BCUT2D eigenvalue weighted by Gasteiger charge is -2.18. The maximum absolute atomic E-state index is 12.5. The molecular formula is C18H20Cl2N2O3. The number of carbonyl (C=O) groups is 1. The first-order chi connectivity index (χ1) is 12.0. The number of anilines is 1. The van der Waals surface area contributed by atoms with Crippen LogP contribution < -0.4 is 15.8 Å². The molecule has 2 aromatic rings. The zero-order valence-corrected chi connectivity index (χ0v) is 15.3. The molecule has 2 rings (SSSR count). The number of carbonyl (C=O) groups excluding carboxylic acids is 1. The van der Waals surface area contributed by atoms with E-state index >= 15 is 0 Å². The van der Waals surface area contributed by atoms with E-state index in [2.05, 4.69) is 5.32 Å². The second-order valence-electron chi connectivity index (χ2n) is 5.52. The summed E-state index contributed by atoms with van der Waals surface area (Å²) in [4.78, 5) is 12.5. The van der Waals surface area contributed by atoms with Gasteiger partial charge in [0.2, 0.25) is 0 Å². The van der Waals surface area contributed by atoms with Crippen molar-refractivity contribution >= 4 is 34.8 Å². The van der Waals surface area contributed by atoms with Crippen molar-refractivity contribution in [2.75, 3.05) is 26.0 Å². The molecule has 0 aliphatic carbocycles. The number of nitrogen functional groups attached to an aromatic ring is 1. The lowest BCUT2D eigenvalue weighted by molar-refractivity contribution is 0.0946. The maximum atomic E-state index is 12.5. The number of amides is 1. The number of hydrogen-bond donors (Lipinski definition) is 3. The smallest absolute Gasteiger partial charge is 0.255 e. The number of nitrogens with one attached hydrogen (secondary N) is 1. The fourth-order valence-corrected chi connectivity index (χ4v) is 2.89. The highest BCUT2D eigenvalue weighted by Crippen LogP contribution is 2.29. The SMILES string of the molecule is COc1c(N)cccc1C(=O)NC[C@@H](CCO)c1ccc(Cl)c(Cl)c1. The van der Waals surface area contributed by atoms with Gasteiger partial charge in [-0.2, -0.15) is 0 Å². The Kier molecular flexibility index (Phi) is 6.93. The second kappa shape index (κ2) is 8.94. The quantitative estimate of drug-likeness (QED) is 0.639. The number of hydrogen-bond acceptors (Lipinski definition) is 4. The second-order valence-corrected chi connectivity index (χ2v) is 6.34. The number of aliphatic hydroxyl groups excluding tert-OH is 1. The largest absolute Gasteiger partial charge is 0.494 e. The number of aliphatic hydroxyl groups is 1. The summed E-state index contributed by atoms with van der Waals surface area (Å²) in [6.45, 7) is 0.317. The highest BCUT2D eigenvalue weighted by atomic mass is 35.5. The minimum atomic E-state index is -0.299. The van der Waals surface area contributed by atoms with Gasteiger partial charge in [0.25, 0.3) is 5.91 Å². The molecule has 1 amide bonds. The van der Waals surface area contributed by atoms with Crippen LogP contribution in [0.2, 0.25) is 10.0 Å². The number of para-hydroxylation sites is 1. The fourth-order valence-electron chi connectivity index (χ4n) is 2.58. The molecule has 0 saturated heterocycles. The number of halogens is 2. The van der Waals surface area contributed by atoms with Crippen LogP contribution in [0, 0.1) is 0 Å². The first kappa shape index (κ1) is 19.4. The van der Waals surface area contributed by atoms with Gasteiger partial charge in [0.05, 0.1) is 28.4 Å². The van der Waals surface area contributed by atoms with Gasteiger partial charge in [-0.15, -0.1) is 0 Å². The summed E-state index contributed by atoms with van der Waals surface area (Å²) in [6.07, 6.45) is 0.478. The van der Waals surface area contributed by atoms with Gasteiger partial charge in [0, 0.05) is 19.1 Å². The Labute approximate surface area is 156 Å².